The number of carbonyl (C=O) groups is 2. The molecular formula is C23H16ClNO3. The van der Waals surface area contributed by atoms with Gasteiger partial charge in [0.2, 0.25) is 0 Å². The van der Waals surface area contributed by atoms with E-state index in [1.165, 1.54) is 4.90 Å². The van der Waals surface area contributed by atoms with Gasteiger partial charge in [0.25, 0.3) is 11.7 Å². The number of Topliss-reactive ketones (excluding diaryl/α,β-unsaturated/α-hetero) is 1. The van der Waals surface area contributed by atoms with Crippen LogP contribution in [0.4, 0.5) is 5.69 Å². The Hall–Kier alpha value is -3.37. The molecular weight excluding hydrogens is 374 g/mol. The number of carbonyl (C=O) groups excluding carboxylic acids is 2. The quantitative estimate of drug-likeness (QED) is 0.391. The lowest BCUT2D eigenvalue weighted by Crippen LogP contribution is -2.29. The molecule has 1 N–H and O–H groups in total. The highest BCUT2D eigenvalue weighted by molar-refractivity contribution is 6.51. The predicted molar refractivity (Wildman–Crippen MR) is 109 cm³/mol. The zero-order valence-electron chi connectivity index (χ0n) is 14.7. The lowest BCUT2D eigenvalue weighted by atomic mass is 9.95. The Labute approximate surface area is 167 Å². The SMILES string of the molecule is O=C1C(=O)N(c2ccccc2)[C@H](c2ccccc2)/C1=C(\O)c1ccc(Cl)cc1. The van der Waals surface area contributed by atoms with Gasteiger partial charge in [0.1, 0.15) is 5.76 Å². The van der Waals surface area contributed by atoms with Crippen molar-refractivity contribution in [1.82, 2.24) is 0 Å². The van der Waals surface area contributed by atoms with Crippen molar-refractivity contribution in [3.8, 4) is 0 Å². The first kappa shape index (κ1) is 18.0. The van der Waals surface area contributed by atoms with Crippen LogP contribution in [0.15, 0.2) is 90.5 Å². The maximum Gasteiger partial charge on any atom is 0.300 e. The van der Waals surface area contributed by atoms with Gasteiger partial charge in [0.15, 0.2) is 0 Å². The van der Waals surface area contributed by atoms with Crippen LogP contribution in [0, 0.1) is 0 Å². The molecule has 5 heteroatoms. The minimum absolute atomic E-state index is 0.0578. The number of anilines is 1. The maximum atomic E-state index is 12.9. The van der Waals surface area contributed by atoms with Gasteiger partial charge < -0.3 is 5.11 Å². The summed E-state index contributed by atoms with van der Waals surface area (Å²) in [5, 5.41) is 11.4. The first-order chi connectivity index (χ1) is 13.6. The molecule has 0 saturated carbocycles. The number of ketones is 1. The molecule has 3 aromatic rings. The van der Waals surface area contributed by atoms with E-state index in [4.69, 9.17) is 11.6 Å². The van der Waals surface area contributed by atoms with E-state index in [2.05, 4.69) is 0 Å². The van der Waals surface area contributed by atoms with E-state index in [1.54, 1.807) is 48.5 Å². The Morgan fingerprint density at radius 2 is 1.39 bits per heavy atom. The van der Waals surface area contributed by atoms with Crippen molar-refractivity contribution in [2.75, 3.05) is 4.90 Å². The second-order valence-electron chi connectivity index (χ2n) is 6.42. The van der Waals surface area contributed by atoms with Crippen LogP contribution in [0.5, 0.6) is 0 Å². The van der Waals surface area contributed by atoms with Crippen LogP contribution < -0.4 is 4.90 Å². The average molecular weight is 390 g/mol. The van der Waals surface area contributed by atoms with E-state index in [9.17, 15) is 14.7 Å². The van der Waals surface area contributed by atoms with Gasteiger partial charge in [-0.15, -0.1) is 0 Å². The number of para-hydroxylation sites is 1. The standard InChI is InChI=1S/C23H16ClNO3/c24-17-13-11-16(12-14-17)21(26)19-20(15-7-3-1-4-8-15)25(23(28)22(19)27)18-9-5-2-6-10-18/h1-14,20,26H/b21-19+/t20-/m1/s1. The summed E-state index contributed by atoms with van der Waals surface area (Å²) in [7, 11) is 0. The normalized spacial score (nSPS) is 18.5. The highest BCUT2D eigenvalue weighted by Crippen LogP contribution is 2.41. The van der Waals surface area contributed by atoms with Gasteiger partial charge in [-0.05, 0) is 42.0 Å². The average Bonchev–Trinajstić information content (AvgIpc) is 3.00. The number of rotatable bonds is 3. The monoisotopic (exact) mass is 389 g/mol. The molecule has 0 aliphatic carbocycles. The number of hydrogen-bond acceptors (Lipinski definition) is 3. The van der Waals surface area contributed by atoms with Crippen LogP contribution in [0.25, 0.3) is 5.76 Å². The summed E-state index contributed by atoms with van der Waals surface area (Å²) in [6, 6.07) is 23.9. The zero-order chi connectivity index (χ0) is 19.7. The van der Waals surface area contributed by atoms with Crippen LogP contribution in [0.1, 0.15) is 17.2 Å². The molecule has 1 aliphatic heterocycles. The predicted octanol–water partition coefficient (Wildman–Crippen LogP) is 4.97. The molecule has 1 heterocycles. The topological polar surface area (TPSA) is 57.6 Å². The number of aliphatic hydroxyl groups excluding tert-OH is 1. The molecule has 4 nitrogen and oxygen atoms in total. The first-order valence-corrected chi connectivity index (χ1v) is 9.12. The van der Waals surface area contributed by atoms with E-state index in [1.807, 2.05) is 36.4 Å². The van der Waals surface area contributed by atoms with E-state index >= 15 is 0 Å². The van der Waals surface area contributed by atoms with E-state index in [0.717, 1.165) is 5.56 Å². The molecule has 3 aromatic carbocycles. The van der Waals surface area contributed by atoms with Gasteiger partial charge >= 0.3 is 0 Å². The number of aliphatic hydroxyl groups is 1. The van der Waals surface area contributed by atoms with Crippen molar-refractivity contribution in [3.05, 3.63) is 107 Å². The molecule has 1 saturated heterocycles. The molecule has 138 valence electrons. The molecule has 0 spiro atoms. The summed E-state index contributed by atoms with van der Waals surface area (Å²) in [4.78, 5) is 27.2. The molecule has 28 heavy (non-hydrogen) atoms. The van der Waals surface area contributed by atoms with Crippen molar-refractivity contribution in [2.24, 2.45) is 0 Å². The van der Waals surface area contributed by atoms with Gasteiger partial charge in [-0.25, -0.2) is 0 Å². The molecule has 0 bridgehead atoms. The molecule has 1 fully saturated rings. The van der Waals surface area contributed by atoms with E-state index in [-0.39, 0.29) is 11.3 Å². The van der Waals surface area contributed by atoms with Gasteiger partial charge in [-0.1, -0.05) is 60.1 Å². The van der Waals surface area contributed by atoms with Crippen LogP contribution in [0.2, 0.25) is 5.02 Å². The Bertz CT molecular complexity index is 1060. The number of nitrogens with zero attached hydrogens (tertiary/aromatic N) is 1. The van der Waals surface area contributed by atoms with Gasteiger partial charge in [0, 0.05) is 16.3 Å². The number of amides is 1. The van der Waals surface area contributed by atoms with Crippen LogP contribution in [0.3, 0.4) is 0 Å². The second kappa shape index (κ2) is 7.33. The molecule has 0 radical (unpaired) electrons. The summed E-state index contributed by atoms with van der Waals surface area (Å²) in [5.41, 5.74) is 1.81. The summed E-state index contributed by atoms with van der Waals surface area (Å²) in [5.74, 6) is -1.61. The van der Waals surface area contributed by atoms with E-state index < -0.39 is 17.7 Å². The first-order valence-electron chi connectivity index (χ1n) is 8.75. The Balaban J connectivity index is 1.94. The van der Waals surface area contributed by atoms with Crippen LogP contribution in [-0.2, 0) is 9.59 Å². The Morgan fingerprint density at radius 3 is 2.00 bits per heavy atom. The van der Waals surface area contributed by atoms with E-state index in [0.29, 0.717) is 16.3 Å². The Kier molecular flexibility index (Phi) is 4.72. The summed E-state index contributed by atoms with van der Waals surface area (Å²) in [6.45, 7) is 0. The van der Waals surface area contributed by atoms with Gasteiger partial charge in [-0.3, -0.25) is 14.5 Å². The maximum absolute atomic E-state index is 12.9. The molecule has 1 aliphatic rings. The third kappa shape index (κ3) is 3.08. The van der Waals surface area contributed by atoms with Crippen LogP contribution >= 0.6 is 11.6 Å². The number of benzene rings is 3. The fraction of sp³-hybridized carbons (Fsp3) is 0.0435. The molecule has 0 aromatic heterocycles. The summed E-state index contributed by atoms with van der Waals surface area (Å²) >= 11 is 5.93. The highest BCUT2D eigenvalue weighted by atomic mass is 35.5. The number of halogens is 1. The van der Waals surface area contributed by atoms with Crippen molar-refractivity contribution < 1.29 is 14.7 Å². The van der Waals surface area contributed by atoms with Crippen molar-refractivity contribution in [1.29, 1.82) is 0 Å². The zero-order valence-corrected chi connectivity index (χ0v) is 15.5. The van der Waals surface area contributed by atoms with Gasteiger partial charge in [-0.2, -0.15) is 0 Å². The highest BCUT2D eigenvalue weighted by Gasteiger charge is 2.46. The minimum Gasteiger partial charge on any atom is -0.507 e. The lowest BCUT2D eigenvalue weighted by Gasteiger charge is -2.25. The second-order valence-corrected chi connectivity index (χ2v) is 6.86. The molecule has 1 atom stereocenters. The third-order valence-corrected chi connectivity index (χ3v) is 4.96. The Morgan fingerprint density at radius 1 is 0.821 bits per heavy atom. The largest absolute Gasteiger partial charge is 0.507 e. The van der Waals surface area contributed by atoms with Crippen molar-refractivity contribution in [2.45, 2.75) is 6.04 Å². The lowest BCUT2D eigenvalue weighted by molar-refractivity contribution is -0.132. The van der Waals surface area contributed by atoms with Crippen LogP contribution in [-0.4, -0.2) is 16.8 Å². The number of hydrogen-bond donors (Lipinski definition) is 1. The molecule has 0 unspecified atom stereocenters. The smallest absolute Gasteiger partial charge is 0.300 e. The van der Waals surface area contributed by atoms with Crippen molar-refractivity contribution in [3.63, 3.8) is 0 Å². The fourth-order valence-electron chi connectivity index (χ4n) is 3.40. The minimum atomic E-state index is -0.723. The summed E-state index contributed by atoms with van der Waals surface area (Å²) < 4.78 is 0. The fourth-order valence-corrected chi connectivity index (χ4v) is 3.53. The molecule has 4 rings (SSSR count). The third-order valence-electron chi connectivity index (χ3n) is 4.71. The molecule has 1 amide bonds. The van der Waals surface area contributed by atoms with Gasteiger partial charge in [0.05, 0.1) is 11.6 Å². The van der Waals surface area contributed by atoms with Crippen molar-refractivity contribution >= 4 is 34.7 Å². The summed E-state index contributed by atoms with van der Waals surface area (Å²) in [6.07, 6.45) is 0.